The summed E-state index contributed by atoms with van der Waals surface area (Å²) in [5.41, 5.74) is 0.558. The predicted molar refractivity (Wildman–Crippen MR) is 75.9 cm³/mol. The number of aromatic nitrogens is 1. The van der Waals surface area contributed by atoms with Gasteiger partial charge in [0.05, 0.1) is 17.3 Å². The van der Waals surface area contributed by atoms with Crippen molar-refractivity contribution in [1.82, 2.24) is 10.3 Å². The van der Waals surface area contributed by atoms with Crippen molar-refractivity contribution >= 4 is 23.2 Å². The maximum atomic E-state index is 12.0. The van der Waals surface area contributed by atoms with Gasteiger partial charge in [0.25, 0.3) is 0 Å². The first-order valence-corrected chi connectivity index (χ1v) is 6.57. The zero-order valence-electron chi connectivity index (χ0n) is 10.8. The van der Waals surface area contributed by atoms with Gasteiger partial charge in [0.15, 0.2) is 0 Å². The van der Waals surface area contributed by atoms with Gasteiger partial charge in [-0.2, -0.15) is 0 Å². The summed E-state index contributed by atoms with van der Waals surface area (Å²) >= 11 is 5.23. The Hall–Kier alpha value is -1.53. The van der Waals surface area contributed by atoms with Crippen LogP contribution < -0.4 is 5.32 Å². The van der Waals surface area contributed by atoms with Crippen LogP contribution in [0.5, 0.6) is 0 Å². The highest BCUT2D eigenvalue weighted by Gasteiger charge is 2.27. The Morgan fingerprint density at radius 1 is 1.58 bits per heavy atom. The second kappa shape index (κ2) is 8.55. The van der Waals surface area contributed by atoms with E-state index < -0.39 is 11.9 Å². The van der Waals surface area contributed by atoms with E-state index in [0.717, 1.165) is 0 Å². The van der Waals surface area contributed by atoms with Crippen molar-refractivity contribution in [3.05, 3.63) is 30.1 Å². The second-order valence-corrected chi connectivity index (χ2v) is 4.25. The number of nitrogens with zero attached hydrogens (tertiary/aromatic N) is 1. The molecule has 0 aliphatic carbocycles. The lowest BCUT2D eigenvalue weighted by Gasteiger charge is -2.17. The summed E-state index contributed by atoms with van der Waals surface area (Å²) in [6.45, 7) is 2.62. The van der Waals surface area contributed by atoms with Crippen LogP contribution in [0.4, 0.5) is 0 Å². The largest absolute Gasteiger partial charge is 0.465 e. The van der Waals surface area contributed by atoms with Crippen molar-refractivity contribution in [2.75, 3.05) is 19.8 Å². The van der Waals surface area contributed by atoms with Gasteiger partial charge >= 0.3 is 5.97 Å². The normalized spacial score (nSPS) is 11.7. The van der Waals surface area contributed by atoms with E-state index in [1.807, 2.05) is 0 Å². The lowest BCUT2D eigenvalue weighted by atomic mass is 10.0. The highest BCUT2D eigenvalue weighted by Crippen LogP contribution is 2.16. The Bertz CT molecular complexity index is 412. The summed E-state index contributed by atoms with van der Waals surface area (Å²) in [4.78, 5) is 16.5. The van der Waals surface area contributed by atoms with Crippen molar-refractivity contribution in [2.24, 2.45) is 0 Å². The van der Waals surface area contributed by atoms with Gasteiger partial charge in [-0.3, -0.25) is 9.78 Å². The zero-order chi connectivity index (χ0) is 14.1. The van der Waals surface area contributed by atoms with E-state index in [-0.39, 0.29) is 6.61 Å². The van der Waals surface area contributed by atoms with Crippen molar-refractivity contribution in [3.63, 3.8) is 0 Å². The number of carbonyl (C=O) groups excluding carboxylic acids is 1. The highest BCUT2D eigenvalue weighted by atomic mass is 32.1. The summed E-state index contributed by atoms with van der Waals surface area (Å²) in [6.07, 6.45) is 2.18. The van der Waals surface area contributed by atoms with Crippen molar-refractivity contribution in [3.8, 4) is 0 Å². The number of pyridine rings is 1. The fraction of sp³-hybridized carbons (Fsp3) is 0.462. The topological polar surface area (TPSA) is 71.5 Å². The third-order valence-electron chi connectivity index (χ3n) is 2.40. The number of carbonyl (C=O) groups is 1. The Labute approximate surface area is 118 Å². The molecule has 1 aromatic rings. The summed E-state index contributed by atoms with van der Waals surface area (Å²) in [7, 11) is 0. The molecule has 0 aromatic carbocycles. The lowest BCUT2D eigenvalue weighted by molar-refractivity contribution is -0.143. The monoisotopic (exact) mass is 282 g/mol. The molecule has 1 rings (SSSR count). The minimum Gasteiger partial charge on any atom is -0.465 e. The Morgan fingerprint density at radius 3 is 2.95 bits per heavy atom. The van der Waals surface area contributed by atoms with E-state index in [9.17, 15) is 4.79 Å². The molecule has 19 heavy (non-hydrogen) atoms. The van der Waals surface area contributed by atoms with Gasteiger partial charge in [-0.15, -0.1) is 0 Å². The smallest absolute Gasteiger partial charge is 0.321 e. The molecule has 0 amide bonds. The van der Waals surface area contributed by atoms with Crippen molar-refractivity contribution < 1.29 is 14.6 Å². The van der Waals surface area contributed by atoms with Crippen LogP contribution in [-0.2, 0) is 9.53 Å². The first-order chi connectivity index (χ1) is 9.20. The average Bonchev–Trinajstić information content (AvgIpc) is 2.41. The number of thiocarbonyl (C=S) groups is 1. The molecule has 6 heteroatoms. The van der Waals surface area contributed by atoms with Gasteiger partial charge in [0, 0.05) is 19.3 Å². The van der Waals surface area contributed by atoms with Crippen LogP contribution in [0.1, 0.15) is 25.0 Å². The maximum Gasteiger partial charge on any atom is 0.321 e. The minimum atomic E-state index is -0.699. The SMILES string of the molecule is CCOC(=O)C(C(=S)NCCCO)c1ccccn1. The fourth-order valence-electron chi connectivity index (χ4n) is 1.53. The number of hydrogen-bond donors (Lipinski definition) is 2. The van der Waals surface area contributed by atoms with E-state index in [2.05, 4.69) is 10.3 Å². The average molecular weight is 282 g/mol. The van der Waals surface area contributed by atoms with Gasteiger partial charge in [-0.25, -0.2) is 0 Å². The number of aliphatic hydroxyl groups excluding tert-OH is 1. The summed E-state index contributed by atoms with van der Waals surface area (Å²) in [6, 6.07) is 5.31. The van der Waals surface area contributed by atoms with Crippen molar-refractivity contribution in [1.29, 1.82) is 0 Å². The zero-order valence-corrected chi connectivity index (χ0v) is 11.7. The number of ether oxygens (including phenoxy) is 1. The molecule has 5 nitrogen and oxygen atoms in total. The standard InChI is InChI=1S/C13H18N2O3S/c1-2-18-13(17)11(10-6-3-4-7-14-10)12(19)15-8-5-9-16/h3-4,6-7,11,16H,2,5,8-9H2,1H3,(H,15,19). The van der Waals surface area contributed by atoms with Gasteiger partial charge in [0.1, 0.15) is 5.92 Å². The molecule has 104 valence electrons. The van der Waals surface area contributed by atoms with Gasteiger partial charge in [-0.05, 0) is 25.5 Å². The molecule has 2 N–H and O–H groups in total. The van der Waals surface area contributed by atoms with Crippen LogP contribution in [0.3, 0.4) is 0 Å². The maximum absolute atomic E-state index is 12.0. The number of esters is 1. The molecule has 0 radical (unpaired) electrons. The molecule has 0 bridgehead atoms. The Balaban J connectivity index is 2.81. The van der Waals surface area contributed by atoms with E-state index in [4.69, 9.17) is 22.1 Å². The second-order valence-electron chi connectivity index (χ2n) is 3.81. The summed E-state index contributed by atoms with van der Waals surface area (Å²) in [5.74, 6) is -1.11. The van der Waals surface area contributed by atoms with Gasteiger partial charge in [-0.1, -0.05) is 18.3 Å². The summed E-state index contributed by atoms with van der Waals surface area (Å²) < 4.78 is 5.03. The molecule has 1 atom stereocenters. The number of nitrogens with one attached hydrogen (secondary N) is 1. The molecule has 0 saturated carbocycles. The fourth-order valence-corrected chi connectivity index (χ4v) is 1.85. The number of rotatable bonds is 7. The highest BCUT2D eigenvalue weighted by molar-refractivity contribution is 7.80. The molecule has 0 aliphatic rings. The van der Waals surface area contributed by atoms with E-state index >= 15 is 0 Å². The lowest BCUT2D eigenvalue weighted by Crippen LogP contribution is -2.34. The first kappa shape index (κ1) is 15.5. The molecule has 1 aromatic heterocycles. The molecule has 1 heterocycles. The van der Waals surface area contributed by atoms with Crippen LogP contribution >= 0.6 is 12.2 Å². The Morgan fingerprint density at radius 2 is 2.37 bits per heavy atom. The van der Waals surface area contributed by atoms with Crippen LogP contribution in [0.15, 0.2) is 24.4 Å². The van der Waals surface area contributed by atoms with E-state index in [1.165, 1.54) is 0 Å². The van der Waals surface area contributed by atoms with E-state index in [0.29, 0.717) is 30.3 Å². The van der Waals surface area contributed by atoms with Crippen LogP contribution in [0, 0.1) is 0 Å². The minimum absolute atomic E-state index is 0.0727. The summed E-state index contributed by atoms with van der Waals surface area (Å²) in [5, 5.41) is 11.7. The van der Waals surface area contributed by atoms with Gasteiger partial charge in [0.2, 0.25) is 0 Å². The Kier molecular flexibility index (Phi) is 6.99. The molecule has 0 saturated heterocycles. The van der Waals surface area contributed by atoms with Gasteiger partial charge < -0.3 is 15.2 Å². The first-order valence-electron chi connectivity index (χ1n) is 6.16. The van der Waals surface area contributed by atoms with Crippen LogP contribution in [-0.4, -0.2) is 40.8 Å². The third-order valence-corrected chi connectivity index (χ3v) is 2.78. The van der Waals surface area contributed by atoms with Crippen molar-refractivity contribution in [2.45, 2.75) is 19.3 Å². The van der Waals surface area contributed by atoms with Crippen LogP contribution in [0.2, 0.25) is 0 Å². The van der Waals surface area contributed by atoms with E-state index in [1.54, 1.807) is 31.3 Å². The third kappa shape index (κ3) is 4.92. The molecule has 0 aliphatic heterocycles. The molecule has 0 fully saturated rings. The molecular formula is C13H18N2O3S. The molecule has 1 unspecified atom stereocenters. The quantitative estimate of drug-likeness (QED) is 0.442. The predicted octanol–water partition coefficient (Wildman–Crippen LogP) is 1.03. The number of aliphatic hydroxyl groups is 1. The van der Waals surface area contributed by atoms with Crippen LogP contribution in [0.25, 0.3) is 0 Å². The molecule has 0 spiro atoms. The molecular weight excluding hydrogens is 264 g/mol. The number of hydrogen-bond acceptors (Lipinski definition) is 5.